The van der Waals surface area contributed by atoms with Crippen LogP contribution in [0.1, 0.15) is 12.0 Å². The Hall–Kier alpha value is -4.25. The minimum absolute atomic E-state index is 0.00278. The van der Waals surface area contributed by atoms with Gasteiger partial charge < -0.3 is 10.4 Å². The van der Waals surface area contributed by atoms with Crippen LogP contribution in [0.4, 0.5) is 0 Å². The second-order valence-corrected chi connectivity index (χ2v) is 6.39. The van der Waals surface area contributed by atoms with Gasteiger partial charge >= 0.3 is 5.97 Å². The van der Waals surface area contributed by atoms with E-state index < -0.39 is 23.9 Å². The lowest BCUT2D eigenvalue weighted by molar-refractivity contribution is -0.140. The molecule has 3 rings (SSSR count). The first kappa shape index (κ1) is 20.5. The van der Waals surface area contributed by atoms with Crippen molar-refractivity contribution in [3.05, 3.63) is 76.6 Å². The maximum atomic E-state index is 12.9. The van der Waals surface area contributed by atoms with E-state index >= 15 is 0 Å². The number of aromatic nitrogens is 2. The summed E-state index contributed by atoms with van der Waals surface area (Å²) in [6.07, 6.45) is -0.659. The molecule has 3 aromatic rings. The van der Waals surface area contributed by atoms with Gasteiger partial charge in [-0.25, -0.2) is 4.68 Å². The van der Waals surface area contributed by atoms with Gasteiger partial charge in [0.2, 0.25) is 5.91 Å². The van der Waals surface area contributed by atoms with Crippen molar-refractivity contribution in [2.24, 2.45) is 0 Å². The predicted molar refractivity (Wildman–Crippen MR) is 109 cm³/mol. The van der Waals surface area contributed by atoms with Gasteiger partial charge in [-0.2, -0.15) is 10.4 Å². The van der Waals surface area contributed by atoms with Crippen molar-refractivity contribution >= 4 is 11.9 Å². The van der Waals surface area contributed by atoms with Crippen LogP contribution in [-0.2, 0) is 16.1 Å². The van der Waals surface area contributed by atoms with E-state index in [4.69, 9.17) is 5.11 Å². The van der Waals surface area contributed by atoms with Gasteiger partial charge in [0.05, 0.1) is 6.54 Å². The standard InChI is InChI=1S/C22H18N4O4/c23-14-17-20(15-7-3-1-4-8-15)21(16-9-5-2-6-10-16)25-26(22(17)30)12-11-24-18(27)13-19(28)29/h1-10H,11-13H2,(H,24,27)(H,28,29). The van der Waals surface area contributed by atoms with Crippen LogP contribution in [0.3, 0.4) is 0 Å². The molecule has 0 radical (unpaired) electrons. The molecule has 8 heteroatoms. The van der Waals surface area contributed by atoms with Gasteiger partial charge in [0, 0.05) is 17.7 Å². The normalized spacial score (nSPS) is 10.2. The van der Waals surface area contributed by atoms with Crippen molar-refractivity contribution in [1.29, 1.82) is 5.26 Å². The number of hydrogen-bond donors (Lipinski definition) is 2. The fraction of sp³-hybridized carbons (Fsp3) is 0.136. The predicted octanol–water partition coefficient (Wildman–Crippen LogP) is 2.04. The van der Waals surface area contributed by atoms with E-state index in [0.717, 1.165) is 10.2 Å². The summed E-state index contributed by atoms with van der Waals surface area (Å²) >= 11 is 0. The van der Waals surface area contributed by atoms with Crippen molar-refractivity contribution < 1.29 is 14.7 Å². The Labute approximate surface area is 172 Å². The second-order valence-electron chi connectivity index (χ2n) is 6.39. The Morgan fingerprint density at radius 3 is 2.20 bits per heavy atom. The first-order chi connectivity index (χ1) is 14.5. The summed E-state index contributed by atoms with van der Waals surface area (Å²) < 4.78 is 1.12. The Morgan fingerprint density at radius 2 is 1.63 bits per heavy atom. The second kappa shape index (κ2) is 9.30. The molecule has 1 amide bonds. The van der Waals surface area contributed by atoms with Crippen LogP contribution in [0.15, 0.2) is 65.5 Å². The average Bonchev–Trinajstić information content (AvgIpc) is 2.75. The molecule has 0 bridgehead atoms. The molecule has 2 aromatic carbocycles. The van der Waals surface area contributed by atoms with Gasteiger partial charge in [0.25, 0.3) is 5.56 Å². The summed E-state index contributed by atoms with van der Waals surface area (Å²) in [5, 5.41) is 25.3. The molecule has 0 saturated carbocycles. The SMILES string of the molecule is N#Cc1c(-c2ccccc2)c(-c2ccccc2)nn(CCNC(=O)CC(=O)O)c1=O. The zero-order valence-corrected chi connectivity index (χ0v) is 15.9. The first-order valence-electron chi connectivity index (χ1n) is 9.16. The topological polar surface area (TPSA) is 125 Å². The summed E-state index contributed by atoms with van der Waals surface area (Å²) in [6, 6.07) is 20.3. The summed E-state index contributed by atoms with van der Waals surface area (Å²) in [4.78, 5) is 35.0. The fourth-order valence-electron chi connectivity index (χ4n) is 3.01. The van der Waals surface area contributed by atoms with Gasteiger partial charge in [-0.15, -0.1) is 0 Å². The summed E-state index contributed by atoms with van der Waals surface area (Å²) in [6.45, 7) is -0.00340. The molecule has 0 aliphatic rings. The molecule has 0 spiro atoms. The summed E-state index contributed by atoms with van der Waals surface area (Å²) in [5.74, 6) is -1.91. The smallest absolute Gasteiger partial charge is 0.312 e. The number of amides is 1. The van der Waals surface area contributed by atoms with E-state index in [0.29, 0.717) is 16.8 Å². The molecule has 150 valence electrons. The number of carboxylic acids is 1. The van der Waals surface area contributed by atoms with Gasteiger partial charge in [-0.3, -0.25) is 14.4 Å². The van der Waals surface area contributed by atoms with Crippen LogP contribution in [-0.4, -0.2) is 33.3 Å². The highest BCUT2D eigenvalue weighted by molar-refractivity contribution is 5.93. The van der Waals surface area contributed by atoms with E-state index in [1.54, 1.807) is 12.1 Å². The molecule has 1 aromatic heterocycles. The van der Waals surface area contributed by atoms with Crippen molar-refractivity contribution in [2.75, 3.05) is 6.54 Å². The maximum absolute atomic E-state index is 12.9. The van der Waals surface area contributed by atoms with E-state index in [1.807, 2.05) is 54.6 Å². The average molecular weight is 402 g/mol. The molecule has 0 fully saturated rings. The van der Waals surface area contributed by atoms with Gasteiger partial charge in [0.1, 0.15) is 23.7 Å². The van der Waals surface area contributed by atoms with Gasteiger partial charge in [0.15, 0.2) is 0 Å². The number of hydrogen-bond acceptors (Lipinski definition) is 5. The molecule has 0 atom stereocenters. The van der Waals surface area contributed by atoms with Crippen molar-refractivity contribution in [3.63, 3.8) is 0 Å². The fourth-order valence-corrected chi connectivity index (χ4v) is 3.01. The van der Waals surface area contributed by atoms with Crippen LogP contribution < -0.4 is 10.9 Å². The number of rotatable bonds is 7. The van der Waals surface area contributed by atoms with Crippen LogP contribution >= 0.6 is 0 Å². The van der Waals surface area contributed by atoms with Crippen molar-refractivity contribution in [2.45, 2.75) is 13.0 Å². The monoisotopic (exact) mass is 402 g/mol. The molecule has 0 unspecified atom stereocenters. The highest BCUT2D eigenvalue weighted by Gasteiger charge is 2.20. The quantitative estimate of drug-likeness (QED) is 0.583. The third-order valence-corrected chi connectivity index (χ3v) is 4.33. The molecular weight excluding hydrogens is 384 g/mol. The zero-order valence-electron chi connectivity index (χ0n) is 15.9. The largest absolute Gasteiger partial charge is 0.481 e. The van der Waals surface area contributed by atoms with E-state index in [2.05, 4.69) is 10.4 Å². The summed E-state index contributed by atoms with van der Waals surface area (Å²) in [5.41, 5.74) is 1.71. The number of aliphatic carboxylic acids is 1. The lowest BCUT2D eigenvalue weighted by atomic mass is 9.96. The zero-order chi connectivity index (χ0) is 21.5. The van der Waals surface area contributed by atoms with E-state index in [1.165, 1.54) is 0 Å². The minimum atomic E-state index is -1.24. The molecule has 0 saturated heterocycles. The van der Waals surface area contributed by atoms with Crippen LogP contribution in [0.2, 0.25) is 0 Å². The Bertz CT molecular complexity index is 1170. The molecule has 0 aliphatic heterocycles. The Morgan fingerprint density at radius 1 is 1.03 bits per heavy atom. The van der Waals surface area contributed by atoms with Gasteiger partial charge in [-0.05, 0) is 5.56 Å². The Kier molecular flexibility index (Phi) is 6.35. The van der Waals surface area contributed by atoms with Crippen LogP contribution in [0.25, 0.3) is 22.4 Å². The molecule has 30 heavy (non-hydrogen) atoms. The highest BCUT2D eigenvalue weighted by Crippen LogP contribution is 2.31. The Balaban J connectivity index is 2.06. The molecule has 1 heterocycles. The van der Waals surface area contributed by atoms with E-state index in [-0.39, 0.29) is 18.7 Å². The highest BCUT2D eigenvalue weighted by atomic mass is 16.4. The molecular formula is C22H18N4O4. The maximum Gasteiger partial charge on any atom is 0.312 e. The summed E-state index contributed by atoms with van der Waals surface area (Å²) in [7, 11) is 0. The number of nitriles is 1. The molecule has 2 N–H and O–H groups in total. The third-order valence-electron chi connectivity index (χ3n) is 4.33. The number of carboxylic acid groups (broad SMARTS) is 1. The van der Waals surface area contributed by atoms with Crippen LogP contribution in [0.5, 0.6) is 0 Å². The first-order valence-corrected chi connectivity index (χ1v) is 9.16. The molecule has 8 nitrogen and oxygen atoms in total. The van der Waals surface area contributed by atoms with Gasteiger partial charge in [-0.1, -0.05) is 60.7 Å². The number of nitrogens with one attached hydrogen (secondary N) is 1. The van der Waals surface area contributed by atoms with Crippen molar-refractivity contribution in [1.82, 2.24) is 15.1 Å². The third kappa shape index (κ3) is 4.59. The van der Waals surface area contributed by atoms with E-state index in [9.17, 15) is 19.6 Å². The number of nitrogens with zero attached hydrogens (tertiary/aromatic N) is 3. The lowest BCUT2D eigenvalue weighted by Gasteiger charge is -2.15. The molecule has 0 aliphatic carbocycles. The van der Waals surface area contributed by atoms with Crippen molar-refractivity contribution in [3.8, 4) is 28.5 Å². The number of carbonyl (C=O) groups excluding carboxylic acids is 1. The number of benzene rings is 2. The lowest BCUT2D eigenvalue weighted by Crippen LogP contribution is -2.34. The van der Waals surface area contributed by atoms with Crippen LogP contribution in [0, 0.1) is 11.3 Å². The minimum Gasteiger partial charge on any atom is -0.481 e. The number of carbonyl (C=O) groups is 2.